The van der Waals surface area contributed by atoms with Crippen LogP contribution in [0.25, 0.3) is 11.0 Å². The summed E-state index contributed by atoms with van der Waals surface area (Å²) in [6.07, 6.45) is 1.99. The lowest BCUT2D eigenvalue weighted by Gasteiger charge is -2.15. The molecular formula is C13H15BrN2O3. The summed E-state index contributed by atoms with van der Waals surface area (Å²) in [6, 6.07) is 5.14. The first-order chi connectivity index (χ1) is 9.15. The maximum absolute atomic E-state index is 12.0. The summed E-state index contributed by atoms with van der Waals surface area (Å²) in [5.74, 6) is 0. The van der Waals surface area contributed by atoms with Gasteiger partial charge in [0.15, 0.2) is 6.29 Å². The zero-order valence-corrected chi connectivity index (χ0v) is 12.4. The van der Waals surface area contributed by atoms with Crippen molar-refractivity contribution >= 4 is 27.0 Å². The fraction of sp³-hybridized carbons (Fsp3) is 0.385. The van der Waals surface area contributed by atoms with Gasteiger partial charge in [0, 0.05) is 43.9 Å². The van der Waals surface area contributed by atoms with Crippen molar-refractivity contribution in [1.82, 2.24) is 9.55 Å². The smallest absolute Gasteiger partial charge is 0.251 e. The van der Waals surface area contributed by atoms with Crippen molar-refractivity contribution in [2.45, 2.75) is 19.3 Å². The second kappa shape index (κ2) is 6.27. The summed E-state index contributed by atoms with van der Waals surface area (Å²) in [7, 11) is 3.16. The van der Waals surface area contributed by atoms with E-state index in [0.29, 0.717) is 13.0 Å². The normalized spacial score (nSPS) is 11.4. The Kier molecular flexibility index (Phi) is 4.68. The Balaban J connectivity index is 2.38. The van der Waals surface area contributed by atoms with Gasteiger partial charge in [0.25, 0.3) is 5.56 Å². The monoisotopic (exact) mass is 326 g/mol. The summed E-state index contributed by atoms with van der Waals surface area (Å²) in [4.78, 5) is 16.3. The van der Waals surface area contributed by atoms with Crippen molar-refractivity contribution in [3.05, 3.63) is 39.2 Å². The van der Waals surface area contributed by atoms with E-state index in [-0.39, 0.29) is 11.8 Å². The number of nitrogens with zero attached hydrogens (tertiary/aromatic N) is 2. The summed E-state index contributed by atoms with van der Waals surface area (Å²) in [5.41, 5.74) is 1.53. The van der Waals surface area contributed by atoms with Gasteiger partial charge in [-0.15, -0.1) is 0 Å². The minimum Gasteiger partial charge on any atom is -0.356 e. The summed E-state index contributed by atoms with van der Waals surface area (Å²) >= 11 is 3.37. The Morgan fingerprint density at radius 2 is 2.11 bits per heavy atom. The fourth-order valence-electron chi connectivity index (χ4n) is 1.94. The number of ether oxygens (including phenoxy) is 2. The largest absolute Gasteiger partial charge is 0.356 e. The van der Waals surface area contributed by atoms with Crippen molar-refractivity contribution in [3.63, 3.8) is 0 Å². The molecule has 0 saturated heterocycles. The lowest BCUT2D eigenvalue weighted by molar-refractivity contribution is -0.107. The standard InChI is InChI=1S/C13H15BrN2O3/c1-18-13(19-2)5-6-16-11-7-9(14)8-15-10(11)3-4-12(16)17/h3-4,7-8,13H,5-6H2,1-2H3. The molecule has 0 N–H and O–H groups in total. The first kappa shape index (κ1) is 14.2. The molecule has 19 heavy (non-hydrogen) atoms. The average molecular weight is 327 g/mol. The number of hydrogen-bond donors (Lipinski definition) is 0. The van der Waals surface area contributed by atoms with Crippen molar-refractivity contribution in [2.75, 3.05) is 14.2 Å². The lowest BCUT2D eigenvalue weighted by Crippen LogP contribution is -2.23. The number of pyridine rings is 2. The molecule has 0 aliphatic rings. The van der Waals surface area contributed by atoms with Crippen LogP contribution in [-0.2, 0) is 16.0 Å². The molecule has 5 nitrogen and oxygen atoms in total. The van der Waals surface area contributed by atoms with Crippen LogP contribution in [0, 0.1) is 0 Å². The molecule has 0 radical (unpaired) electrons. The Hall–Kier alpha value is -1.24. The van der Waals surface area contributed by atoms with Crippen molar-refractivity contribution < 1.29 is 9.47 Å². The first-order valence-corrected chi connectivity index (χ1v) is 6.65. The Bertz CT molecular complexity index is 623. The Labute approximate surface area is 119 Å². The van der Waals surface area contributed by atoms with E-state index >= 15 is 0 Å². The second-order valence-corrected chi connectivity index (χ2v) is 4.99. The van der Waals surface area contributed by atoms with Crippen LogP contribution in [0.1, 0.15) is 6.42 Å². The number of aromatic nitrogens is 2. The lowest BCUT2D eigenvalue weighted by atomic mass is 10.3. The van der Waals surface area contributed by atoms with Crippen molar-refractivity contribution in [2.24, 2.45) is 0 Å². The quantitative estimate of drug-likeness (QED) is 0.790. The van der Waals surface area contributed by atoms with Gasteiger partial charge < -0.3 is 14.0 Å². The van der Waals surface area contributed by atoms with E-state index in [1.807, 2.05) is 6.07 Å². The van der Waals surface area contributed by atoms with Crippen LogP contribution in [0.3, 0.4) is 0 Å². The number of rotatable bonds is 5. The van der Waals surface area contributed by atoms with Crippen molar-refractivity contribution in [3.8, 4) is 0 Å². The molecule has 2 aromatic heterocycles. The molecule has 6 heteroatoms. The molecule has 0 amide bonds. The fourth-order valence-corrected chi connectivity index (χ4v) is 2.26. The molecule has 0 saturated carbocycles. The van der Waals surface area contributed by atoms with E-state index in [1.54, 1.807) is 31.0 Å². The van der Waals surface area contributed by atoms with Crippen LogP contribution in [0.5, 0.6) is 0 Å². The molecule has 0 atom stereocenters. The van der Waals surface area contributed by atoms with Crippen molar-refractivity contribution in [1.29, 1.82) is 0 Å². The van der Waals surface area contributed by atoms with Gasteiger partial charge in [-0.2, -0.15) is 0 Å². The SMILES string of the molecule is COC(CCn1c(=O)ccc2ncc(Br)cc21)OC. The highest BCUT2D eigenvalue weighted by molar-refractivity contribution is 9.10. The van der Waals surface area contributed by atoms with Gasteiger partial charge in [-0.05, 0) is 28.1 Å². The van der Waals surface area contributed by atoms with Crippen LogP contribution >= 0.6 is 15.9 Å². The van der Waals surface area contributed by atoms with Gasteiger partial charge in [-0.25, -0.2) is 0 Å². The predicted molar refractivity (Wildman–Crippen MR) is 76.1 cm³/mol. The van der Waals surface area contributed by atoms with Gasteiger partial charge >= 0.3 is 0 Å². The third-order valence-corrected chi connectivity index (χ3v) is 3.35. The van der Waals surface area contributed by atoms with Crippen LogP contribution in [0.2, 0.25) is 0 Å². The number of aryl methyl sites for hydroxylation is 1. The summed E-state index contributed by atoms with van der Waals surface area (Å²) in [5, 5.41) is 0. The molecule has 0 aliphatic carbocycles. The zero-order valence-electron chi connectivity index (χ0n) is 10.8. The summed E-state index contributed by atoms with van der Waals surface area (Å²) < 4.78 is 12.8. The topological polar surface area (TPSA) is 53.4 Å². The van der Waals surface area contributed by atoms with Crippen LogP contribution < -0.4 is 5.56 Å². The van der Waals surface area contributed by atoms with E-state index in [2.05, 4.69) is 20.9 Å². The third-order valence-electron chi connectivity index (χ3n) is 2.92. The molecule has 0 spiro atoms. The van der Waals surface area contributed by atoms with E-state index in [4.69, 9.17) is 9.47 Å². The van der Waals surface area contributed by atoms with Crippen LogP contribution in [-0.4, -0.2) is 30.1 Å². The molecule has 0 unspecified atom stereocenters. The second-order valence-electron chi connectivity index (χ2n) is 4.07. The predicted octanol–water partition coefficient (Wildman–Crippen LogP) is 2.17. The van der Waals surface area contributed by atoms with Gasteiger partial charge in [-0.1, -0.05) is 0 Å². The number of methoxy groups -OCH3 is 2. The number of fused-ring (bicyclic) bond motifs is 1. The number of halogens is 1. The molecule has 2 heterocycles. The van der Waals surface area contributed by atoms with E-state index in [9.17, 15) is 4.79 Å². The first-order valence-electron chi connectivity index (χ1n) is 5.86. The van der Waals surface area contributed by atoms with Gasteiger partial charge in [-0.3, -0.25) is 9.78 Å². The molecule has 0 aromatic carbocycles. The molecule has 2 aromatic rings. The molecule has 2 rings (SSSR count). The highest BCUT2D eigenvalue weighted by Gasteiger charge is 2.09. The van der Waals surface area contributed by atoms with E-state index in [1.165, 1.54) is 6.07 Å². The minimum atomic E-state index is -0.317. The molecule has 0 aliphatic heterocycles. The van der Waals surface area contributed by atoms with Gasteiger partial charge in [0.1, 0.15) is 0 Å². The average Bonchev–Trinajstić information content (AvgIpc) is 2.42. The Morgan fingerprint density at radius 1 is 1.37 bits per heavy atom. The van der Waals surface area contributed by atoms with Gasteiger partial charge in [0.2, 0.25) is 0 Å². The molecular weight excluding hydrogens is 312 g/mol. The maximum Gasteiger partial charge on any atom is 0.251 e. The highest BCUT2D eigenvalue weighted by atomic mass is 79.9. The van der Waals surface area contributed by atoms with E-state index in [0.717, 1.165) is 15.5 Å². The highest BCUT2D eigenvalue weighted by Crippen LogP contribution is 2.16. The van der Waals surface area contributed by atoms with Crippen LogP contribution in [0.4, 0.5) is 0 Å². The van der Waals surface area contributed by atoms with E-state index < -0.39 is 0 Å². The summed E-state index contributed by atoms with van der Waals surface area (Å²) in [6.45, 7) is 0.515. The zero-order chi connectivity index (χ0) is 13.8. The molecule has 0 fully saturated rings. The molecule has 0 bridgehead atoms. The maximum atomic E-state index is 12.0. The van der Waals surface area contributed by atoms with Gasteiger partial charge in [0.05, 0.1) is 11.0 Å². The van der Waals surface area contributed by atoms with Crippen LogP contribution in [0.15, 0.2) is 33.7 Å². The molecule has 102 valence electrons. The number of hydrogen-bond acceptors (Lipinski definition) is 4. The third kappa shape index (κ3) is 3.20. The Morgan fingerprint density at radius 3 is 2.79 bits per heavy atom. The minimum absolute atomic E-state index is 0.0571.